The summed E-state index contributed by atoms with van der Waals surface area (Å²) in [6.07, 6.45) is 1.14. The van der Waals surface area contributed by atoms with E-state index in [1.807, 2.05) is 11.8 Å². The van der Waals surface area contributed by atoms with Gasteiger partial charge in [0.1, 0.15) is 0 Å². The molecule has 16 heavy (non-hydrogen) atoms. The molecule has 0 saturated carbocycles. The Hall–Kier alpha value is -0.470. The fourth-order valence-corrected chi connectivity index (χ4v) is 2.63. The minimum Gasteiger partial charge on any atom is -0.310 e. The summed E-state index contributed by atoms with van der Waals surface area (Å²) in [7, 11) is 0. The van der Waals surface area contributed by atoms with Gasteiger partial charge in [0, 0.05) is 16.2 Å². The van der Waals surface area contributed by atoms with Crippen molar-refractivity contribution in [3.8, 4) is 0 Å². The molecule has 1 N–H and O–H groups in total. The molecule has 0 radical (unpaired) electrons. The summed E-state index contributed by atoms with van der Waals surface area (Å²) in [5, 5.41) is 4.16. The molecule has 0 amide bonds. The normalized spacial score (nSPS) is 13.1. The van der Waals surface area contributed by atoms with Crippen molar-refractivity contribution in [3.05, 3.63) is 29.8 Å². The molecule has 1 aromatic carbocycles. The second kappa shape index (κ2) is 6.97. The highest BCUT2D eigenvalue weighted by Crippen LogP contribution is 2.25. The zero-order valence-corrected chi connectivity index (χ0v) is 11.6. The number of benzene rings is 1. The first-order valence-electron chi connectivity index (χ1n) is 6.17. The molecule has 1 rings (SSSR count). The van der Waals surface area contributed by atoms with Gasteiger partial charge in [0.15, 0.2) is 0 Å². The van der Waals surface area contributed by atoms with Gasteiger partial charge in [-0.1, -0.05) is 39.8 Å². The molecule has 0 saturated heterocycles. The molecule has 0 aliphatic carbocycles. The standard InChI is InChI=1S/C14H23NS/c1-5-14(15-6-2)12-7-9-13(10-8-12)16-11(3)4/h7-11,14-15H,5-6H2,1-4H3. The van der Waals surface area contributed by atoms with Crippen molar-refractivity contribution in [3.63, 3.8) is 0 Å². The van der Waals surface area contributed by atoms with Gasteiger partial charge >= 0.3 is 0 Å². The molecule has 0 aliphatic rings. The third-order valence-electron chi connectivity index (χ3n) is 2.51. The third-order valence-corrected chi connectivity index (χ3v) is 3.53. The van der Waals surface area contributed by atoms with E-state index in [1.165, 1.54) is 10.5 Å². The topological polar surface area (TPSA) is 12.0 Å². The maximum Gasteiger partial charge on any atom is 0.0317 e. The Labute approximate surface area is 104 Å². The zero-order valence-electron chi connectivity index (χ0n) is 10.8. The van der Waals surface area contributed by atoms with Crippen molar-refractivity contribution < 1.29 is 0 Å². The van der Waals surface area contributed by atoms with Crippen LogP contribution in [0, 0.1) is 0 Å². The quantitative estimate of drug-likeness (QED) is 0.742. The van der Waals surface area contributed by atoms with Crippen LogP contribution in [0.25, 0.3) is 0 Å². The van der Waals surface area contributed by atoms with Crippen molar-refractivity contribution in [2.45, 2.75) is 50.3 Å². The van der Waals surface area contributed by atoms with Crippen LogP contribution in [0.4, 0.5) is 0 Å². The lowest BCUT2D eigenvalue weighted by molar-refractivity contribution is 0.537. The van der Waals surface area contributed by atoms with Gasteiger partial charge in [0.2, 0.25) is 0 Å². The summed E-state index contributed by atoms with van der Waals surface area (Å²) in [5.41, 5.74) is 1.40. The van der Waals surface area contributed by atoms with E-state index in [-0.39, 0.29) is 0 Å². The monoisotopic (exact) mass is 237 g/mol. The molecular formula is C14H23NS. The van der Waals surface area contributed by atoms with E-state index in [9.17, 15) is 0 Å². The van der Waals surface area contributed by atoms with E-state index >= 15 is 0 Å². The molecule has 0 aromatic heterocycles. The Balaban J connectivity index is 2.69. The van der Waals surface area contributed by atoms with E-state index in [0.29, 0.717) is 11.3 Å². The van der Waals surface area contributed by atoms with Crippen molar-refractivity contribution in [1.82, 2.24) is 5.32 Å². The first kappa shape index (κ1) is 13.6. The Kier molecular flexibility index (Phi) is 5.93. The number of thioether (sulfide) groups is 1. The summed E-state index contributed by atoms with van der Waals surface area (Å²) >= 11 is 1.92. The van der Waals surface area contributed by atoms with Crippen molar-refractivity contribution in [2.75, 3.05) is 6.54 Å². The van der Waals surface area contributed by atoms with Gasteiger partial charge in [-0.2, -0.15) is 0 Å². The maximum absolute atomic E-state index is 3.50. The lowest BCUT2D eigenvalue weighted by Gasteiger charge is -2.16. The summed E-state index contributed by atoms with van der Waals surface area (Å²) < 4.78 is 0. The average Bonchev–Trinajstić information content (AvgIpc) is 2.26. The molecule has 1 unspecified atom stereocenters. The van der Waals surface area contributed by atoms with Crippen molar-refractivity contribution >= 4 is 11.8 Å². The fourth-order valence-electron chi connectivity index (χ4n) is 1.80. The fraction of sp³-hybridized carbons (Fsp3) is 0.571. The summed E-state index contributed by atoms with van der Waals surface area (Å²) in [6.45, 7) is 9.87. The van der Waals surface area contributed by atoms with Gasteiger partial charge in [-0.25, -0.2) is 0 Å². The highest BCUT2D eigenvalue weighted by Gasteiger charge is 2.07. The van der Waals surface area contributed by atoms with Gasteiger partial charge in [0.25, 0.3) is 0 Å². The average molecular weight is 237 g/mol. The van der Waals surface area contributed by atoms with Crippen LogP contribution in [0.15, 0.2) is 29.2 Å². The largest absolute Gasteiger partial charge is 0.310 e. The molecule has 0 heterocycles. The van der Waals surface area contributed by atoms with Gasteiger partial charge in [-0.15, -0.1) is 11.8 Å². The van der Waals surface area contributed by atoms with E-state index in [2.05, 4.69) is 57.3 Å². The Morgan fingerprint density at radius 1 is 1.12 bits per heavy atom. The highest BCUT2D eigenvalue weighted by atomic mass is 32.2. The number of nitrogens with one attached hydrogen (secondary N) is 1. The number of hydrogen-bond donors (Lipinski definition) is 1. The Bertz CT molecular complexity index is 292. The second-order valence-corrected chi connectivity index (χ2v) is 5.90. The van der Waals surface area contributed by atoms with E-state index in [4.69, 9.17) is 0 Å². The van der Waals surface area contributed by atoms with Crippen LogP contribution < -0.4 is 5.32 Å². The lowest BCUT2D eigenvalue weighted by Crippen LogP contribution is -2.19. The summed E-state index contributed by atoms with van der Waals surface area (Å²) in [5.74, 6) is 0. The van der Waals surface area contributed by atoms with Gasteiger partial charge < -0.3 is 5.32 Å². The molecule has 0 aliphatic heterocycles. The van der Waals surface area contributed by atoms with Crippen LogP contribution in [0.2, 0.25) is 0 Å². The summed E-state index contributed by atoms with van der Waals surface area (Å²) in [6, 6.07) is 9.48. The van der Waals surface area contributed by atoms with Crippen molar-refractivity contribution in [2.24, 2.45) is 0 Å². The summed E-state index contributed by atoms with van der Waals surface area (Å²) in [4.78, 5) is 1.37. The molecule has 1 nitrogen and oxygen atoms in total. The second-order valence-electron chi connectivity index (χ2n) is 4.25. The van der Waals surface area contributed by atoms with E-state index < -0.39 is 0 Å². The molecule has 0 fully saturated rings. The van der Waals surface area contributed by atoms with Gasteiger partial charge in [-0.3, -0.25) is 0 Å². The molecule has 1 aromatic rings. The molecule has 1 atom stereocenters. The van der Waals surface area contributed by atoms with Gasteiger partial charge in [0.05, 0.1) is 0 Å². The first-order valence-corrected chi connectivity index (χ1v) is 7.05. The Morgan fingerprint density at radius 3 is 2.19 bits per heavy atom. The van der Waals surface area contributed by atoms with Crippen LogP contribution in [-0.4, -0.2) is 11.8 Å². The van der Waals surface area contributed by atoms with Crippen LogP contribution in [0.1, 0.15) is 45.7 Å². The molecule has 0 bridgehead atoms. The first-order chi connectivity index (χ1) is 7.67. The number of hydrogen-bond acceptors (Lipinski definition) is 2. The minimum atomic E-state index is 0.503. The van der Waals surface area contributed by atoms with E-state index in [0.717, 1.165) is 13.0 Å². The van der Waals surface area contributed by atoms with Crippen LogP contribution >= 0.6 is 11.8 Å². The maximum atomic E-state index is 3.50. The predicted octanol–water partition coefficient (Wildman–Crippen LogP) is 4.25. The van der Waals surface area contributed by atoms with Gasteiger partial charge in [-0.05, 0) is 30.7 Å². The SMILES string of the molecule is CCNC(CC)c1ccc(SC(C)C)cc1. The predicted molar refractivity (Wildman–Crippen MR) is 74.1 cm³/mol. The molecule has 90 valence electrons. The smallest absolute Gasteiger partial charge is 0.0317 e. The third kappa shape index (κ3) is 4.18. The lowest BCUT2D eigenvalue weighted by atomic mass is 10.1. The molecular weight excluding hydrogens is 214 g/mol. The number of rotatable bonds is 6. The Morgan fingerprint density at radius 2 is 1.75 bits per heavy atom. The van der Waals surface area contributed by atoms with Crippen LogP contribution in [0.3, 0.4) is 0 Å². The molecule has 0 spiro atoms. The van der Waals surface area contributed by atoms with Crippen molar-refractivity contribution in [1.29, 1.82) is 0 Å². The van der Waals surface area contributed by atoms with E-state index in [1.54, 1.807) is 0 Å². The molecule has 2 heteroatoms. The minimum absolute atomic E-state index is 0.503. The van der Waals surface area contributed by atoms with Crippen LogP contribution in [-0.2, 0) is 0 Å². The highest BCUT2D eigenvalue weighted by molar-refractivity contribution is 7.99. The van der Waals surface area contributed by atoms with Crippen LogP contribution in [0.5, 0.6) is 0 Å². The zero-order chi connectivity index (χ0) is 12.0.